The van der Waals surface area contributed by atoms with Gasteiger partial charge >= 0.3 is 12.1 Å². The fourth-order valence-corrected chi connectivity index (χ4v) is 3.39. The van der Waals surface area contributed by atoms with Crippen molar-refractivity contribution < 1.29 is 19.2 Å². The highest BCUT2D eigenvalue weighted by atomic mass is 16.2. The van der Waals surface area contributed by atoms with Gasteiger partial charge in [0, 0.05) is 6.54 Å². The molecule has 1 heterocycles. The van der Waals surface area contributed by atoms with Gasteiger partial charge in [-0.2, -0.15) is 0 Å². The van der Waals surface area contributed by atoms with Crippen molar-refractivity contribution in [2.45, 2.75) is 58.4 Å². The lowest BCUT2D eigenvalue weighted by atomic mass is 9.75. The van der Waals surface area contributed by atoms with Gasteiger partial charge in [-0.15, -0.1) is 0 Å². The molecule has 140 valence electrons. The number of carbonyl (C=O) groups is 4. The Morgan fingerprint density at radius 3 is 2.48 bits per heavy atom. The molecule has 0 unspecified atom stereocenters. The molecule has 8 heteroatoms. The van der Waals surface area contributed by atoms with Gasteiger partial charge in [-0.25, -0.2) is 9.59 Å². The number of hydrogen-bond acceptors (Lipinski definition) is 4. The van der Waals surface area contributed by atoms with Gasteiger partial charge in [-0.05, 0) is 37.5 Å². The standard InChI is InChI=1S/C17H28N4O4/c1-4-12-5-7-17(8-6-12)14(23)21(16(25)20-17)10-13(22)19-15(24)18-9-11(2)3/h11-12H,4-10H2,1-3H3,(H,20,25)(H2,18,19,22,24). The molecular weight excluding hydrogens is 324 g/mol. The van der Waals surface area contributed by atoms with Gasteiger partial charge in [-0.1, -0.05) is 27.2 Å². The molecule has 2 rings (SSSR count). The molecule has 0 atom stereocenters. The minimum Gasteiger partial charge on any atom is -0.338 e. The summed E-state index contributed by atoms with van der Waals surface area (Å²) in [6, 6.07) is -1.18. The zero-order valence-electron chi connectivity index (χ0n) is 15.2. The van der Waals surface area contributed by atoms with E-state index in [1.807, 2.05) is 13.8 Å². The molecule has 8 nitrogen and oxygen atoms in total. The Morgan fingerprint density at radius 1 is 1.28 bits per heavy atom. The van der Waals surface area contributed by atoms with E-state index in [1.54, 1.807) is 0 Å². The zero-order chi connectivity index (χ0) is 18.6. The van der Waals surface area contributed by atoms with Crippen molar-refractivity contribution in [2.75, 3.05) is 13.1 Å². The number of urea groups is 2. The van der Waals surface area contributed by atoms with Gasteiger partial charge < -0.3 is 10.6 Å². The Labute approximate surface area is 148 Å². The molecule has 0 aromatic heterocycles. The third-order valence-corrected chi connectivity index (χ3v) is 5.01. The Bertz CT molecular complexity index is 553. The van der Waals surface area contributed by atoms with Crippen LogP contribution in [0.15, 0.2) is 0 Å². The first kappa shape index (κ1) is 19.2. The Balaban J connectivity index is 1.90. The molecule has 6 amide bonds. The molecule has 2 aliphatic rings. The lowest BCUT2D eigenvalue weighted by molar-refractivity contribution is -0.135. The molecule has 0 bridgehead atoms. The van der Waals surface area contributed by atoms with Crippen LogP contribution < -0.4 is 16.0 Å². The summed E-state index contributed by atoms with van der Waals surface area (Å²) in [4.78, 5) is 49.3. The smallest absolute Gasteiger partial charge is 0.325 e. The molecule has 1 spiro atoms. The van der Waals surface area contributed by atoms with Crippen LogP contribution >= 0.6 is 0 Å². The maximum atomic E-state index is 12.7. The number of amides is 6. The van der Waals surface area contributed by atoms with E-state index in [2.05, 4.69) is 22.9 Å². The van der Waals surface area contributed by atoms with Crippen LogP contribution in [0.3, 0.4) is 0 Å². The van der Waals surface area contributed by atoms with Crippen LogP contribution in [0.4, 0.5) is 9.59 Å². The van der Waals surface area contributed by atoms with Crippen molar-refractivity contribution in [2.24, 2.45) is 11.8 Å². The quantitative estimate of drug-likeness (QED) is 0.649. The molecule has 1 aliphatic heterocycles. The van der Waals surface area contributed by atoms with Crippen LogP contribution in [0.5, 0.6) is 0 Å². The Hall–Kier alpha value is -2.12. The van der Waals surface area contributed by atoms with Gasteiger partial charge in [0.2, 0.25) is 5.91 Å². The van der Waals surface area contributed by atoms with Crippen LogP contribution in [0, 0.1) is 11.8 Å². The lowest BCUT2D eigenvalue weighted by Gasteiger charge is -2.34. The largest absolute Gasteiger partial charge is 0.338 e. The van der Waals surface area contributed by atoms with Crippen molar-refractivity contribution in [1.82, 2.24) is 20.9 Å². The van der Waals surface area contributed by atoms with E-state index in [0.717, 1.165) is 24.2 Å². The first-order chi connectivity index (χ1) is 11.8. The molecule has 2 fully saturated rings. The predicted octanol–water partition coefficient (Wildman–Crippen LogP) is 1.36. The van der Waals surface area contributed by atoms with Gasteiger partial charge in [-0.3, -0.25) is 19.8 Å². The van der Waals surface area contributed by atoms with E-state index in [-0.39, 0.29) is 11.8 Å². The van der Waals surface area contributed by atoms with Crippen molar-refractivity contribution in [3.8, 4) is 0 Å². The summed E-state index contributed by atoms with van der Waals surface area (Å²) in [6.07, 6.45) is 4.04. The van der Waals surface area contributed by atoms with Gasteiger partial charge in [0.15, 0.2) is 0 Å². The lowest BCUT2D eigenvalue weighted by Crippen LogP contribution is -2.50. The van der Waals surface area contributed by atoms with E-state index < -0.39 is 30.1 Å². The Kier molecular flexibility index (Phi) is 6.02. The summed E-state index contributed by atoms with van der Waals surface area (Å²) in [6.45, 7) is 5.98. The molecule has 1 saturated carbocycles. The highest BCUT2D eigenvalue weighted by Crippen LogP contribution is 2.37. The van der Waals surface area contributed by atoms with Gasteiger partial charge in [0.25, 0.3) is 5.91 Å². The maximum absolute atomic E-state index is 12.7. The number of nitrogens with zero attached hydrogens (tertiary/aromatic N) is 1. The number of imide groups is 2. The van der Waals surface area contributed by atoms with E-state index in [0.29, 0.717) is 25.3 Å². The monoisotopic (exact) mass is 352 g/mol. The average Bonchev–Trinajstić information content (AvgIpc) is 2.78. The summed E-state index contributed by atoms with van der Waals surface area (Å²) >= 11 is 0. The summed E-state index contributed by atoms with van der Waals surface area (Å²) in [7, 11) is 0. The second kappa shape index (κ2) is 7.84. The number of carbonyl (C=O) groups excluding carboxylic acids is 4. The third kappa shape index (κ3) is 4.49. The minimum absolute atomic E-state index is 0.255. The normalized spacial score (nSPS) is 26.1. The fraction of sp³-hybridized carbons (Fsp3) is 0.765. The predicted molar refractivity (Wildman–Crippen MR) is 91.6 cm³/mol. The summed E-state index contributed by atoms with van der Waals surface area (Å²) in [5.74, 6) is -0.198. The molecule has 1 saturated heterocycles. The molecule has 0 aromatic carbocycles. The Morgan fingerprint density at radius 2 is 1.92 bits per heavy atom. The zero-order valence-corrected chi connectivity index (χ0v) is 15.2. The summed E-state index contributed by atoms with van der Waals surface area (Å²) in [5.41, 5.74) is -0.872. The SMILES string of the molecule is CCC1CCC2(CC1)NC(=O)N(CC(=O)NC(=O)NCC(C)C)C2=O. The molecule has 1 aliphatic carbocycles. The average molecular weight is 352 g/mol. The highest BCUT2D eigenvalue weighted by Gasteiger charge is 2.52. The number of nitrogens with one attached hydrogen (secondary N) is 3. The van der Waals surface area contributed by atoms with Crippen LogP contribution in [0.2, 0.25) is 0 Å². The first-order valence-electron chi connectivity index (χ1n) is 8.99. The minimum atomic E-state index is -0.872. The third-order valence-electron chi connectivity index (χ3n) is 5.01. The molecule has 0 radical (unpaired) electrons. The van der Waals surface area contributed by atoms with Crippen LogP contribution in [-0.4, -0.2) is 47.4 Å². The molecule has 0 aromatic rings. The van der Waals surface area contributed by atoms with Crippen molar-refractivity contribution in [1.29, 1.82) is 0 Å². The second-order valence-corrected chi connectivity index (χ2v) is 7.41. The van der Waals surface area contributed by atoms with Crippen molar-refractivity contribution >= 4 is 23.9 Å². The van der Waals surface area contributed by atoms with Crippen LogP contribution in [-0.2, 0) is 9.59 Å². The topological polar surface area (TPSA) is 108 Å². The van der Waals surface area contributed by atoms with E-state index >= 15 is 0 Å². The fourth-order valence-electron chi connectivity index (χ4n) is 3.39. The van der Waals surface area contributed by atoms with E-state index in [4.69, 9.17) is 0 Å². The second-order valence-electron chi connectivity index (χ2n) is 7.41. The van der Waals surface area contributed by atoms with Crippen LogP contribution in [0.25, 0.3) is 0 Å². The summed E-state index contributed by atoms with van der Waals surface area (Å²) < 4.78 is 0. The van der Waals surface area contributed by atoms with Gasteiger partial charge in [0.1, 0.15) is 12.1 Å². The number of hydrogen-bond donors (Lipinski definition) is 3. The summed E-state index contributed by atoms with van der Waals surface area (Å²) in [5, 5.41) is 7.47. The first-order valence-corrected chi connectivity index (χ1v) is 8.99. The maximum Gasteiger partial charge on any atom is 0.325 e. The van der Waals surface area contributed by atoms with Gasteiger partial charge in [0.05, 0.1) is 0 Å². The molecule has 3 N–H and O–H groups in total. The number of rotatable bonds is 5. The van der Waals surface area contributed by atoms with E-state index in [9.17, 15) is 19.2 Å². The van der Waals surface area contributed by atoms with E-state index in [1.165, 1.54) is 0 Å². The molecular formula is C17H28N4O4. The highest BCUT2D eigenvalue weighted by molar-refractivity contribution is 6.10. The van der Waals surface area contributed by atoms with Crippen molar-refractivity contribution in [3.63, 3.8) is 0 Å². The molecule has 25 heavy (non-hydrogen) atoms. The van der Waals surface area contributed by atoms with Crippen molar-refractivity contribution in [3.05, 3.63) is 0 Å². The van der Waals surface area contributed by atoms with Crippen LogP contribution in [0.1, 0.15) is 52.9 Å².